The number of carbonyl (C=O) groups excluding carboxylic acids is 1. The lowest BCUT2D eigenvalue weighted by Crippen LogP contribution is -2.51. The average molecular weight is 232 g/mol. The van der Waals surface area contributed by atoms with Crippen molar-refractivity contribution in [2.75, 3.05) is 29.6 Å². The summed E-state index contributed by atoms with van der Waals surface area (Å²) in [6.45, 7) is 0.960. The summed E-state index contributed by atoms with van der Waals surface area (Å²) < 4.78 is 0. The van der Waals surface area contributed by atoms with Gasteiger partial charge in [0, 0.05) is 29.8 Å². The Morgan fingerprint density at radius 2 is 2.14 bits per heavy atom. The third-order valence-corrected chi connectivity index (χ3v) is 4.74. The van der Waals surface area contributed by atoms with Crippen LogP contribution in [0.4, 0.5) is 0 Å². The zero-order valence-corrected chi connectivity index (χ0v) is 9.76. The Morgan fingerprint density at radius 1 is 1.29 bits per heavy atom. The molecule has 2 atom stereocenters. The fourth-order valence-corrected chi connectivity index (χ4v) is 3.77. The molecular formula is C9H16N2OS2. The normalized spacial score (nSPS) is 32.9. The van der Waals surface area contributed by atoms with Crippen LogP contribution in [0.25, 0.3) is 0 Å². The maximum Gasteiger partial charge on any atom is 0.238 e. The van der Waals surface area contributed by atoms with Gasteiger partial charge in [-0.05, 0) is 12.2 Å². The Bertz CT molecular complexity index is 201. The van der Waals surface area contributed by atoms with Crippen molar-refractivity contribution < 1.29 is 4.79 Å². The Morgan fingerprint density at radius 3 is 2.79 bits per heavy atom. The second-order valence-corrected chi connectivity index (χ2v) is 5.95. The summed E-state index contributed by atoms with van der Waals surface area (Å²) in [6.07, 6.45) is 1.14. The molecule has 0 aromatic heterocycles. The first-order chi connectivity index (χ1) is 6.86. The van der Waals surface area contributed by atoms with Crippen molar-refractivity contribution in [3.63, 3.8) is 0 Å². The minimum atomic E-state index is 0.0411. The van der Waals surface area contributed by atoms with Gasteiger partial charge in [0.2, 0.25) is 5.91 Å². The molecule has 2 saturated heterocycles. The van der Waals surface area contributed by atoms with Crippen LogP contribution < -0.4 is 10.6 Å². The molecule has 0 bridgehead atoms. The van der Waals surface area contributed by atoms with Gasteiger partial charge in [0.1, 0.15) is 0 Å². The first-order valence-electron chi connectivity index (χ1n) is 5.05. The van der Waals surface area contributed by atoms with Gasteiger partial charge in [-0.1, -0.05) is 0 Å². The third kappa shape index (κ3) is 2.81. The van der Waals surface area contributed by atoms with Crippen LogP contribution in [0.3, 0.4) is 0 Å². The molecule has 0 aromatic rings. The van der Waals surface area contributed by atoms with E-state index >= 15 is 0 Å². The number of hydrogen-bond acceptors (Lipinski definition) is 4. The number of nitrogens with one attached hydrogen (secondary N) is 2. The molecule has 0 radical (unpaired) electrons. The van der Waals surface area contributed by atoms with Crippen molar-refractivity contribution in [3.05, 3.63) is 0 Å². The highest BCUT2D eigenvalue weighted by Gasteiger charge is 2.24. The lowest BCUT2D eigenvalue weighted by atomic mass is 10.2. The van der Waals surface area contributed by atoms with E-state index in [1.807, 2.05) is 23.5 Å². The van der Waals surface area contributed by atoms with Crippen molar-refractivity contribution in [1.29, 1.82) is 0 Å². The quantitative estimate of drug-likeness (QED) is 0.719. The smallest absolute Gasteiger partial charge is 0.238 e. The summed E-state index contributed by atoms with van der Waals surface area (Å²) in [7, 11) is 0. The molecule has 1 amide bonds. The summed E-state index contributed by atoms with van der Waals surface area (Å²) in [5.74, 6) is 4.53. The van der Waals surface area contributed by atoms with E-state index in [-0.39, 0.29) is 11.9 Å². The van der Waals surface area contributed by atoms with Gasteiger partial charge in [0.15, 0.2) is 0 Å². The molecule has 2 unspecified atom stereocenters. The lowest BCUT2D eigenvalue weighted by Gasteiger charge is -2.23. The molecule has 2 fully saturated rings. The Hall–Kier alpha value is 0.130. The van der Waals surface area contributed by atoms with E-state index in [1.54, 1.807) is 0 Å². The second kappa shape index (κ2) is 5.28. The molecule has 2 heterocycles. The zero-order chi connectivity index (χ0) is 9.80. The molecule has 5 heteroatoms. The van der Waals surface area contributed by atoms with E-state index in [2.05, 4.69) is 10.6 Å². The number of rotatable bonds is 2. The fraction of sp³-hybridized carbons (Fsp3) is 0.889. The number of carbonyl (C=O) groups is 1. The topological polar surface area (TPSA) is 41.1 Å². The van der Waals surface area contributed by atoms with Crippen LogP contribution in [0.15, 0.2) is 0 Å². The number of amides is 1. The van der Waals surface area contributed by atoms with Crippen LogP contribution in [-0.2, 0) is 4.79 Å². The molecule has 2 N–H and O–H groups in total. The van der Waals surface area contributed by atoms with Crippen LogP contribution in [0.1, 0.15) is 6.42 Å². The van der Waals surface area contributed by atoms with Crippen LogP contribution in [0.2, 0.25) is 0 Å². The molecule has 0 aromatic carbocycles. The maximum atomic E-state index is 11.8. The zero-order valence-electron chi connectivity index (χ0n) is 8.12. The van der Waals surface area contributed by atoms with E-state index < -0.39 is 0 Å². The van der Waals surface area contributed by atoms with Crippen molar-refractivity contribution in [2.24, 2.45) is 0 Å². The average Bonchev–Trinajstić information content (AvgIpc) is 2.72. The molecule has 14 heavy (non-hydrogen) atoms. The molecule has 0 aliphatic carbocycles. The molecule has 0 spiro atoms. The van der Waals surface area contributed by atoms with Crippen LogP contribution in [0.5, 0.6) is 0 Å². The molecule has 2 aliphatic heterocycles. The minimum Gasteiger partial charge on any atom is -0.351 e. The molecule has 2 aliphatic rings. The van der Waals surface area contributed by atoms with Gasteiger partial charge in [0.25, 0.3) is 0 Å². The lowest BCUT2D eigenvalue weighted by molar-refractivity contribution is -0.123. The summed E-state index contributed by atoms with van der Waals surface area (Å²) in [5.41, 5.74) is 0. The highest BCUT2D eigenvalue weighted by Crippen LogP contribution is 2.17. The largest absolute Gasteiger partial charge is 0.351 e. The van der Waals surface area contributed by atoms with Gasteiger partial charge in [-0.25, -0.2) is 0 Å². The van der Waals surface area contributed by atoms with Gasteiger partial charge in [-0.15, -0.1) is 0 Å². The third-order valence-electron chi connectivity index (χ3n) is 2.51. The first-order valence-corrected chi connectivity index (χ1v) is 7.36. The monoisotopic (exact) mass is 232 g/mol. The van der Waals surface area contributed by atoms with Crippen molar-refractivity contribution >= 4 is 29.4 Å². The van der Waals surface area contributed by atoms with Crippen LogP contribution in [0, 0.1) is 0 Å². The summed E-state index contributed by atoms with van der Waals surface area (Å²) in [5, 5.41) is 6.37. The second-order valence-electron chi connectivity index (χ2n) is 3.65. The van der Waals surface area contributed by atoms with E-state index in [4.69, 9.17) is 0 Å². The van der Waals surface area contributed by atoms with E-state index in [0.29, 0.717) is 6.04 Å². The maximum absolute atomic E-state index is 11.8. The molecule has 3 nitrogen and oxygen atoms in total. The fourth-order valence-electron chi connectivity index (χ4n) is 1.68. The number of thioether (sulfide) groups is 2. The highest BCUT2D eigenvalue weighted by atomic mass is 32.2. The molecular weight excluding hydrogens is 216 g/mol. The summed E-state index contributed by atoms with van der Waals surface area (Å²) in [6, 6.07) is 0.459. The Labute approximate surface area is 93.2 Å². The van der Waals surface area contributed by atoms with Gasteiger partial charge < -0.3 is 10.6 Å². The van der Waals surface area contributed by atoms with Crippen molar-refractivity contribution in [3.8, 4) is 0 Å². The van der Waals surface area contributed by atoms with E-state index in [9.17, 15) is 4.79 Å². The molecule has 80 valence electrons. The predicted molar refractivity (Wildman–Crippen MR) is 63.0 cm³/mol. The number of hydrogen-bond donors (Lipinski definition) is 2. The van der Waals surface area contributed by atoms with Crippen LogP contribution >= 0.6 is 23.5 Å². The van der Waals surface area contributed by atoms with Gasteiger partial charge in [-0.2, -0.15) is 23.5 Å². The van der Waals surface area contributed by atoms with E-state index in [0.717, 1.165) is 30.2 Å². The predicted octanol–water partition coefficient (Wildman–Crippen LogP) is 0.313. The van der Waals surface area contributed by atoms with Crippen molar-refractivity contribution in [1.82, 2.24) is 10.6 Å². The highest BCUT2D eigenvalue weighted by molar-refractivity contribution is 7.99. The molecule has 0 saturated carbocycles. The van der Waals surface area contributed by atoms with Crippen LogP contribution in [-0.4, -0.2) is 47.5 Å². The molecule has 2 rings (SSSR count). The van der Waals surface area contributed by atoms with Gasteiger partial charge >= 0.3 is 0 Å². The summed E-state index contributed by atoms with van der Waals surface area (Å²) >= 11 is 3.79. The SMILES string of the molecule is O=C(NC1CCSC1)C1CSCCN1. The minimum absolute atomic E-state index is 0.0411. The Balaban J connectivity index is 1.75. The Kier molecular flexibility index (Phi) is 4.01. The summed E-state index contributed by atoms with van der Waals surface area (Å²) in [4.78, 5) is 11.8. The van der Waals surface area contributed by atoms with Gasteiger partial charge in [0.05, 0.1) is 6.04 Å². The van der Waals surface area contributed by atoms with Crippen molar-refractivity contribution in [2.45, 2.75) is 18.5 Å². The first kappa shape index (κ1) is 10.6. The van der Waals surface area contributed by atoms with Gasteiger partial charge in [-0.3, -0.25) is 4.79 Å². The standard InChI is InChI=1S/C9H16N2OS2/c12-9(8-6-14-4-2-10-8)11-7-1-3-13-5-7/h7-8,10H,1-6H2,(H,11,12). The van der Waals surface area contributed by atoms with E-state index in [1.165, 1.54) is 5.75 Å².